The number of nitrogens with two attached hydrogens (primary N) is 3. The van der Waals surface area contributed by atoms with Crippen molar-refractivity contribution >= 4 is 21.7 Å². The Hall–Kier alpha value is -1.83. The highest BCUT2D eigenvalue weighted by atomic mass is 32.2. The van der Waals surface area contributed by atoms with Crippen molar-refractivity contribution in [2.45, 2.75) is 11.8 Å². The Morgan fingerprint density at radius 1 is 1.38 bits per heavy atom. The van der Waals surface area contributed by atoms with Crippen LogP contribution in [0.5, 0.6) is 0 Å². The molecule has 0 atom stereocenters. The van der Waals surface area contributed by atoms with E-state index in [1.165, 1.54) is 0 Å². The predicted molar refractivity (Wildman–Crippen MR) is 58.5 cm³/mol. The van der Waals surface area contributed by atoms with E-state index in [2.05, 4.69) is 4.40 Å². The van der Waals surface area contributed by atoms with Crippen LogP contribution in [0.15, 0.2) is 21.4 Å². The summed E-state index contributed by atoms with van der Waals surface area (Å²) in [5.41, 5.74) is 15.9. The SMILES string of the molecule is Cc1cc(F)c(S(=O)(=O)N=C(N)N)cc1N. The minimum atomic E-state index is -4.25. The van der Waals surface area contributed by atoms with Crippen LogP contribution in [0.1, 0.15) is 5.56 Å². The maximum absolute atomic E-state index is 13.4. The summed E-state index contributed by atoms with van der Waals surface area (Å²) in [5.74, 6) is -1.62. The van der Waals surface area contributed by atoms with Gasteiger partial charge in [-0.2, -0.15) is 8.42 Å². The first kappa shape index (κ1) is 12.2. The lowest BCUT2D eigenvalue weighted by atomic mass is 10.2. The van der Waals surface area contributed by atoms with Crippen LogP contribution in [0.2, 0.25) is 0 Å². The molecule has 0 amide bonds. The topological polar surface area (TPSA) is 125 Å². The molecule has 0 aromatic heterocycles. The molecular formula is C8H11FN4O2S. The molecule has 0 saturated carbocycles. The lowest BCUT2D eigenvalue weighted by Gasteiger charge is -2.05. The molecule has 0 aliphatic rings. The fourth-order valence-electron chi connectivity index (χ4n) is 1.05. The Balaban J connectivity index is 3.46. The van der Waals surface area contributed by atoms with Crippen LogP contribution in [0, 0.1) is 12.7 Å². The van der Waals surface area contributed by atoms with Crippen LogP contribution in [0.4, 0.5) is 10.1 Å². The highest BCUT2D eigenvalue weighted by molar-refractivity contribution is 7.90. The molecule has 88 valence electrons. The van der Waals surface area contributed by atoms with Crippen molar-refractivity contribution < 1.29 is 12.8 Å². The first-order valence-electron chi connectivity index (χ1n) is 4.15. The molecule has 0 bridgehead atoms. The average Bonchev–Trinajstić information content (AvgIpc) is 2.08. The Labute approximate surface area is 92.0 Å². The molecule has 1 rings (SSSR count). The molecule has 0 radical (unpaired) electrons. The molecular weight excluding hydrogens is 235 g/mol. The highest BCUT2D eigenvalue weighted by Gasteiger charge is 2.19. The van der Waals surface area contributed by atoms with Crippen molar-refractivity contribution in [3.05, 3.63) is 23.5 Å². The quantitative estimate of drug-likeness (QED) is 0.374. The Morgan fingerprint density at radius 2 is 1.94 bits per heavy atom. The Bertz CT molecular complexity index is 549. The van der Waals surface area contributed by atoms with E-state index in [1.54, 1.807) is 6.92 Å². The molecule has 0 aliphatic heterocycles. The van der Waals surface area contributed by atoms with Crippen molar-refractivity contribution in [3.8, 4) is 0 Å². The number of hydrogen-bond donors (Lipinski definition) is 3. The van der Waals surface area contributed by atoms with Gasteiger partial charge in [0.25, 0.3) is 10.0 Å². The maximum Gasteiger partial charge on any atom is 0.288 e. The summed E-state index contributed by atoms with van der Waals surface area (Å²) in [5, 5.41) is 0. The monoisotopic (exact) mass is 246 g/mol. The van der Waals surface area contributed by atoms with Gasteiger partial charge in [-0.05, 0) is 24.6 Å². The second-order valence-corrected chi connectivity index (χ2v) is 4.70. The predicted octanol–water partition coefficient (Wildman–Crippen LogP) is -0.322. The van der Waals surface area contributed by atoms with Gasteiger partial charge in [-0.25, -0.2) is 4.39 Å². The van der Waals surface area contributed by atoms with E-state index < -0.39 is 26.7 Å². The minimum absolute atomic E-state index is 0.144. The number of benzene rings is 1. The van der Waals surface area contributed by atoms with Crippen LogP contribution in [-0.2, 0) is 10.0 Å². The van der Waals surface area contributed by atoms with Crippen molar-refractivity contribution in [2.24, 2.45) is 15.9 Å². The zero-order chi connectivity index (χ0) is 12.5. The summed E-state index contributed by atoms with van der Waals surface area (Å²) in [6.45, 7) is 1.55. The summed E-state index contributed by atoms with van der Waals surface area (Å²) in [7, 11) is -4.25. The number of hydrogen-bond acceptors (Lipinski definition) is 3. The number of anilines is 1. The van der Waals surface area contributed by atoms with Crippen molar-refractivity contribution in [1.29, 1.82) is 0 Å². The van der Waals surface area contributed by atoms with Crippen LogP contribution in [-0.4, -0.2) is 14.4 Å². The third-order valence-electron chi connectivity index (χ3n) is 1.82. The van der Waals surface area contributed by atoms with Crippen molar-refractivity contribution in [2.75, 3.05) is 5.73 Å². The molecule has 6 N–H and O–H groups in total. The smallest absolute Gasteiger partial charge is 0.288 e. The lowest BCUT2D eigenvalue weighted by Crippen LogP contribution is -2.24. The van der Waals surface area contributed by atoms with E-state index in [9.17, 15) is 12.8 Å². The van der Waals surface area contributed by atoms with Crippen LogP contribution < -0.4 is 17.2 Å². The standard InChI is InChI=1S/C8H11FN4O2S/c1-4-2-5(9)7(3-6(4)10)16(14,15)13-8(11)12/h2-3H,10H2,1H3,(H4,11,12,13). The molecule has 0 fully saturated rings. The number of nitrogen functional groups attached to an aromatic ring is 1. The average molecular weight is 246 g/mol. The molecule has 1 aromatic rings. The van der Waals surface area contributed by atoms with E-state index in [0.717, 1.165) is 12.1 Å². The molecule has 0 aliphatic carbocycles. The Kier molecular flexibility index (Phi) is 3.04. The van der Waals surface area contributed by atoms with E-state index >= 15 is 0 Å². The third-order valence-corrected chi connectivity index (χ3v) is 3.14. The zero-order valence-corrected chi connectivity index (χ0v) is 9.25. The van der Waals surface area contributed by atoms with Gasteiger partial charge in [0.05, 0.1) is 0 Å². The van der Waals surface area contributed by atoms with Gasteiger partial charge < -0.3 is 17.2 Å². The van der Waals surface area contributed by atoms with Gasteiger partial charge in [-0.15, -0.1) is 4.40 Å². The lowest BCUT2D eigenvalue weighted by molar-refractivity contribution is 0.568. The number of aryl methyl sites for hydroxylation is 1. The van der Waals surface area contributed by atoms with Crippen molar-refractivity contribution in [1.82, 2.24) is 0 Å². The molecule has 0 heterocycles. The molecule has 1 aromatic carbocycles. The summed E-state index contributed by atoms with van der Waals surface area (Å²) in [6.07, 6.45) is 0. The first-order chi connectivity index (χ1) is 7.24. The third kappa shape index (κ3) is 2.40. The molecule has 0 unspecified atom stereocenters. The number of sulfonamides is 1. The van der Waals surface area contributed by atoms with Gasteiger partial charge in [0.15, 0.2) is 0 Å². The first-order valence-corrected chi connectivity index (χ1v) is 5.59. The fraction of sp³-hybridized carbons (Fsp3) is 0.125. The van der Waals surface area contributed by atoms with E-state index in [-0.39, 0.29) is 5.69 Å². The van der Waals surface area contributed by atoms with Gasteiger partial charge in [-0.3, -0.25) is 0 Å². The summed E-state index contributed by atoms with van der Waals surface area (Å²) >= 11 is 0. The zero-order valence-electron chi connectivity index (χ0n) is 8.44. The van der Waals surface area contributed by atoms with Gasteiger partial charge in [-0.1, -0.05) is 0 Å². The molecule has 8 heteroatoms. The van der Waals surface area contributed by atoms with Crippen LogP contribution in [0.25, 0.3) is 0 Å². The summed E-state index contributed by atoms with van der Waals surface area (Å²) in [4.78, 5) is -0.649. The Morgan fingerprint density at radius 3 is 2.44 bits per heavy atom. The number of nitrogens with zero attached hydrogens (tertiary/aromatic N) is 1. The molecule has 6 nitrogen and oxygen atoms in total. The fourth-order valence-corrected chi connectivity index (χ4v) is 2.01. The van der Waals surface area contributed by atoms with E-state index in [4.69, 9.17) is 17.2 Å². The number of rotatable bonds is 2. The molecule has 0 saturated heterocycles. The molecule has 0 spiro atoms. The second kappa shape index (κ2) is 3.97. The number of guanidine groups is 1. The normalized spacial score (nSPS) is 11.1. The summed E-state index contributed by atoms with van der Waals surface area (Å²) in [6, 6.07) is 1.98. The van der Waals surface area contributed by atoms with E-state index in [0.29, 0.717) is 5.56 Å². The van der Waals surface area contributed by atoms with Gasteiger partial charge in [0.2, 0.25) is 5.96 Å². The van der Waals surface area contributed by atoms with E-state index in [1.807, 2.05) is 0 Å². The van der Waals surface area contributed by atoms with Gasteiger partial charge >= 0.3 is 0 Å². The van der Waals surface area contributed by atoms with Crippen LogP contribution >= 0.6 is 0 Å². The minimum Gasteiger partial charge on any atom is -0.398 e. The van der Waals surface area contributed by atoms with Crippen molar-refractivity contribution in [3.63, 3.8) is 0 Å². The number of halogens is 1. The highest BCUT2D eigenvalue weighted by Crippen LogP contribution is 2.22. The largest absolute Gasteiger partial charge is 0.398 e. The second-order valence-electron chi connectivity index (χ2n) is 3.13. The summed E-state index contributed by atoms with van der Waals surface area (Å²) < 4.78 is 39.3. The van der Waals surface area contributed by atoms with Crippen LogP contribution in [0.3, 0.4) is 0 Å². The van der Waals surface area contributed by atoms with Gasteiger partial charge in [0, 0.05) is 5.69 Å². The van der Waals surface area contributed by atoms with Gasteiger partial charge in [0.1, 0.15) is 10.7 Å². The molecule has 16 heavy (non-hydrogen) atoms. The maximum atomic E-state index is 13.4.